The number of carbonyl (C=O) groups is 1. The van der Waals surface area contributed by atoms with Crippen LogP contribution in [0.5, 0.6) is 0 Å². The molecule has 0 saturated heterocycles. The summed E-state index contributed by atoms with van der Waals surface area (Å²) in [6, 6.07) is 2.34. The molecule has 0 bridgehead atoms. The van der Waals surface area contributed by atoms with Gasteiger partial charge in [-0.05, 0) is 25.8 Å². The minimum atomic E-state index is -0.190. The average molecular weight is 288 g/mol. The van der Waals surface area contributed by atoms with Gasteiger partial charge >= 0.3 is 0 Å². The Balaban J connectivity index is 1.92. The smallest absolute Gasteiger partial charge is 0.271 e. The highest BCUT2D eigenvalue weighted by Gasteiger charge is 2.23. The number of aryl methyl sites for hydroxylation is 2. The van der Waals surface area contributed by atoms with Crippen molar-refractivity contribution >= 4 is 5.91 Å². The third-order valence-corrected chi connectivity index (χ3v) is 3.72. The summed E-state index contributed by atoms with van der Waals surface area (Å²) < 4.78 is 3.52. The van der Waals surface area contributed by atoms with Crippen LogP contribution in [0.4, 0.5) is 0 Å². The molecule has 0 unspecified atom stereocenters. The van der Waals surface area contributed by atoms with Crippen LogP contribution in [-0.2, 0) is 13.6 Å². The van der Waals surface area contributed by atoms with Crippen molar-refractivity contribution in [3.05, 3.63) is 29.2 Å². The van der Waals surface area contributed by atoms with E-state index in [1.54, 1.807) is 28.7 Å². The molecule has 1 aliphatic carbocycles. The Kier molecular flexibility index (Phi) is 3.50. The number of rotatable bonds is 5. The average Bonchev–Trinajstić information content (AvgIpc) is 3.09. The van der Waals surface area contributed by atoms with Gasteiger partial charge in [0.15, 0.2) is 11.5 Å². The Morgan fingerprint density at radius 1 is 1.43 bits per heavy atom. The molecule has 3 rings (SSSR count). The molecule has 1 amide bonds. The van der Waals surface area contributed by atoms with Crippen LogP contribution in [0.3, 0.4) is 0 Å². The van der Waals surface area contributed by atoms with Gasteiger partial charge in [0.05, 0.1) is 5.69 Å². The second kappa shape index (κ2) is 5.33. The molecule has 2 heterocycles. The molecule has 0 spiro atoms. The summed E-state index contributed by atoms with van der Waals surface area (Å²) in [5, 5.41) is 14.9. The molecule has 7 nitrogen and oxygen atoms in total. The predicted octanol–water partition coefficient (Wildman–Crippen LogP) is 0.526. The van der Waals surface area contributed by atoms with E-state index in [0.29, 0.717) is 11.7 Å². The van der Waals surface area contributed by atoms with E-state index in [2.05, 4.69) is 20.8 Å². The topological polar surface area (TPSA) is 76.8 Å². The summed E-state index contributed by atoms with van der Waals surface area (Å²) in [7, 11) is 3.49. The second-order valence-electron chi connectivity index (χ2n) is 5.39. The predicted molar refractivity (Wildman–Crippen MR) is 78.3 cm³/mol. The standard InChI is InChI=1S/C14H20N6O/c1-9-11(8-16-10-4-5-10)14(19(3)17-9)20-7-6-12(18-20)13(21)15-2/h6-7,10,16H,4-5,8H2,1-3H3,(H,15,21). The molecule has 0 radical (unpaired) electrons. The minimum Gasteiger partial charge on any atom is -0.354 e. The van der Waals surface area contributed by atoms with E-state index in [1.807, 2.05) is 14.0 Å². The van der Waals surface area contributed by atoms with Gasteiger partial charge in [0.1, 0.15) is 0 Å². The molecular weight excluding hydrogens is 268 g/mol. The molecule has 0 aliphatic heterocycles. The molecular formula is C14H20N6O. The molecule has 1 aliphatic rings. The van der Waals surface area contributed by atoms with Crippen LogP contribution in [0, 0.1) is 6.92 Å². The molecule has 112 valence electrons. The van der Waals surface area contributed by atoms with E-state index in [1.165, 1.54) is 12.8 Å². The largest absolute Gasteiger partial charge is 0.354 e. The highest BCUT2D eigenvalue weighted by molar-refractivity contribution is 5.91. The number of nitrogens with zero attached hydrogens (tertiary/aromatic N) is 4. The maximum atomic E-state index is 11.6. The summed E-state index contributed by atoms with van der Waals surface area (Å²) >= 11 is 0. The molecule has 1 fully saturated rings. The van der Waals surface area contributed by atoms with Crippen molar-refractivity contribution in [1.29, 1.82) is 0 Å². The Labute approximate surface area is 123 Å². The second-order valence-corrected chi connectivity index (χ2v) is 5.39. The fourth-order valence-corrected chi connectivity index (χ4v) is 2.41. The molecule has 0 aromatic carbocycles. The summed E-state index contributed by atoms with van der Waals surface area (Å²) in [6.07, 6.45) is 4.29. The lowest BCUT2D eigenvalue weighted by Crippen LogP contribution is -2.19. The zero-order chi connectivity index (χ0) is 15.0. The van der Waals surface area contributed by atoms with Gasteiger partial charge in [-0.2, -0.15) is 10.2 Å². The Bertz CT molecular complexity index is 667. The first-order valence-corrected chi connectivity index (χ1v) is 7.14. The maximum absolute atomic E-state index is 11.6. The molecule has 7 heteroatoms. The quantitative estimate of drug-likeness (QED) is 0.841. The van der Waals surface area contributed by atoms with Crippen LogP contribution in [-0.4, -0.2) is 38.6 Å². The van der Waals surface area contributed by atoms with Crippen LogP contribution in [0.2, 0.25) is 0 Å². The van der Waals surface area contributed by atoms with Crippen LogP contribution >= 0.6 is 0 Å². The van der Waals surface area contributed by atoms with Crippen molar-refractivity contribution < 1.29 is 4.79 Å². The van der Waals surface area contributed by atoms with E-state index >= 15 is 0 Å². The lowest BCUT2D eigenvalue weighted by atomic mass is 10.2. The van der Waals surface area contributed by atoms with Gasteiger partial charge < -0.3 is 10.6 Å². The summed E-state index contributed by atoms with van der Waals surface area (Å²) in [4.78, 5) is 11.6. The number of nitrogens with one attached hydrogen (secondary N) is 2. The third-order valence-electron chi connectivity index (χ3n) is 3.72. The van der Waals surface area contributed by atoms with Crippen molar-refractivity contribution in [2.45, 2.75) is 32.4 Å². The van der Waals surface area contributed by atoms with Gasteiger partial charge in [0.25, 0.3) is 5.91 Å². The van der Waals surface area contributed by atoms with Crippen LogP contribution < -0.4 is 10.6 Å². The van der Waals surface area contributed by atoms with Crippen molar-refractivity contribution in [3.63, 3.8) is 0 Å². The van der Waals surface area contributed by atoms with Gasteiger partial charge in [0, 0.05) is 38.4 Å². The van der Waals surface area contributed by atoms with Gasteiger partial charge in [-0.25, -0.2) is 4.68 Å². The molecule has 0 atom stereocenters. The van der Waals surface area contributed by atoms with E-state index in [0.717, 1.165) is 23.6 Å². The Morgan fingerprint density at radius 3 is 2.86 bits per heavy atom. The lowest BCUT2D eigenvalue weighted by molar-refractivity contribution is 0.0957. The van der Waals surface area contributed by atoms with Crippen LogP contribution in [0.1, 0.15) is 34.6 Å². The van der Waals surface area contributed by atoms with Gasteiger partial charge in [-0.15, -0.1) is 0 Å². The number of amides is 1. The van der Waals surface area contributed by atoms with Crippen molar-refractivity contribution in [1.82, 2.24) is 30.2 Å². The molecule has 2 aromatic heterocycles. The van der Waals surface area contributed by atoms with Gasteiger partial charge in [0.2, 0.25) is 0 Å². The van der Waals surface area contributed by atoms with Crippen LogP contribution in [0.15, 0.2) is 12.3 Å². The fourth-order valence-electron chi connectivity index (χ4n) is 2.41. The van der Waals surface area contributed by atoms with Crippen molar-refractivity contribution in [2.24, 2.45) is 7.05 Å². The first kappa shape index (κ1) is 13.8. The maximum Gasteiger partial charge on any atom is 0.271 e. The molecule has 2 aromatic rings. The Hall–Kier alpha value is -2.15. The summed E-state index contributed by atoms with van der Waals surface area (Å²) in [5.74, 6) is 0.709. The fraction of sp³-hybridized carbons (Fsp3) is 0.500. The monoisotopic (exact) mass is 288 g/mol. The SMILES string of the molecule is CNC(=O)c1ccn(-c2c(CNC3CC3)c(C)nn2C)n1. The van der Waals surface area contributed by atoms with Crippen molar-refractivity contribution in [3.8, 4) is 5.82 Å². The summed E-state index contributed by atoms with van der Waals surface area (Å²) in [5.41, 5.74) is 2.51. The molecule has 1 saturated carbocycles. The normalized spacial score (nSPS) is 14.4. The number of carbonyl (C=O) groups excluding carboxylic acids is 1. The van der Waals surface area contributed by atoms with Gasteiger partial charge in [-0.1, -0.05) is 0 Å². The number of aromatic nitrogens is 4. The van der Waals surface area contributed by atoms with E-state index in [-0.39, 0.29) is 5.91 Å². The van der Waals surface area contributed by atoms with Gasteiger partial charge in [-0.3, -0.25) is 9.48 Å². The first-order chi connectivity index (χ1) is 10.1. The zero-order valence-electron chi connectivity index (χ0n) is 12.6. The molecule has 2 N–H and O–H groups in total. The van der Waals surface area contributed by atoms with Crippen LogP contribution in [0.25, 0.3) is 5.82 Å². The highest BCUT2D eigenvalue weighted by Crippen LogP contribution is 2.22. The number of hydrogen-bond acceptors (Lipinski definition) is 4. The highest BCUT2D eigenvalue weighted by atomic mass is 16.1. The zero-order valence-corrected chi connectivity index (χ0v) is 12.6. The lowest BCUT2D eigenvalue weighted by Gasteiger charge is -2.07. The third kappa shape index (κ3) is 2.69. The van der Waals surface area contributed by atoms with E-state index < -0.39 is 0 Å². The first-order valence-electron chi connectivity index (χ1n) is 7.14. The number of hydrogen-bond donors (Lipinski definition) is 2. The van der Waals surface area contributed by atoms with Crippen molar-refractivity contribution in [2.75, 3.05) is 7.05 Å². The van der Waals surface area contributed by atoms with E-state index in [9.17, 15) is 4.79 Å². The Morgan fingerprint density at radius 2 is 2.19 bits per heavy atom. The molecule has 21 heavy (non-hydrogen) atoms. The summed E-state index contributed by atoms with van der Waals surface area (Å²) in [6.45, 7) is 2.77. The minimum absolute atomic E-state index is 0.190. The van der Waals surface area contributed by atoms with E-state index in [4.69, 9.17) is 0 Å².